The number of amides is 2. The molecular weight excluding hydrogens is 309 g/mol. The van der Waals surface area contributed by atoms with Gasteiger partial charge in [-0.05, 0) is 37.0 Å². The summed E-state index contributed by atoms with van der Waals surface area (Å²) >= 11 is 0. The van der Waals surface area contributed by atoms with Gasteiger partial charge in [0.2, 0.25) is 0 Å². The number of ether oxygens (including phenoxy) is 1. The van der Waals surface area contributed by atoms with Crippen LogP contribution < -0.4 is 5.32 Å². The summed E-state index contributed by atoms with van der Waals surface area (Å²) in [7, 11) is 1.68. The van der Waals surface area contributed by atoms with Crippen LogP contribution in [-0.2, 0) is 17.5 Å². The fraction of sp³-hybridized carbons (Fsp3) is 0.562. The van der Waals surface area contributed by atoms with Crippen LogP contribution in [0.4, 0.5) is 18.0 Å². The van der Waals surface area contributed by atoms with Crippen molar-refractivity contribution in [3.05, 3.63) is 35.4 Å². The van der Waals surface area contributed by atoms with Crippen molar-refractivity contribution in [2.75, 3.05) is 20.2 Å². The number of carbonyl (C=O) groups excluding carboxylic acids is 1. The van der Waals surface area contributed by atoms with E-state index in [0.29, 0.717) is 12.1 Å². The van der Waals surface area contributed by atoms with Crippen molar-refractivity contribution in [2.24, 2.45) is 0 Å². The minimum atomic E-state index is -4.35. The highest BCUT2D eigenvalue weighted by molar-refractivity contribution is 5.73. The van der Waals surface area contributed by atoms with Gasteiger partial charge in [-0.25, -0.2) is 4.79 Å². The number of alkyl halides is 3. The largest absolute Gasteiger partial charge is 0.416 e. The molecule has 1 aromatic carbocycles. The van der Waals surface area contributed by atoms with Gasteiger partial charge < -0.3 is 15.0 Å². The van der Waals surface area contributed by atoms with Crippen molar-refractivity contribution >= 4 is 6.03 Å². The average Bonchev–Trinajstić information content (AvgIpc) is 2.53. The molecule has 1 aromatic rings. The van der Waals surface area contributed by atoms with Crippen molar-refractivity contribution in [1.82, 2.24) is 10.2 Å². The predicted molar refractivity (Wildman–Crippen MR) is 79.9 cm³/mol. The Morgan fingerprint density at radius 2 is 2.00 bits per heavy atom. The molecule has 0 aliphatic carbocycles. The Morgan fingerprint density at radius 1 is 1.30 bits per heavy atom. The number of rotatable bonds is 4. The van der Waals surface area contributed by atoms with Crippen LogP contribution in [0, 0.1) is 0 Å². The number of likely N-dealkylation sites (N-methyl/N-ethyl adjacent to an activating group) is 1. The molecule has 1 aliphatic heterocycles. The van der Waals surface area contributed by atoms with Gasteiger partial charge in [0, 0.05) is 26.7 Å². The Balaban J connectivity index is 1.79. The number of urea groups is 1. The van der Waals surface area contributed by atoms with E-state index < -0.39 is 11.7 Å². The second-order valence-electron chi connectivity index (χ2n) is 5.72. The zero-order valence-corrected chi connectivity index (χ0v) is 13.0. The van der Waals surface area contributed by atoms with Crippen LogP contribution in [0.3, 0.4) is 0 Å². The van der Waals surface area contributed by atoms with E-state index in [1.54, 1.807) is 11.9 Å². The molecule has 0 spiro atoms. The summed E-state index contributed by atoms with van der Waals surface area (Å²) in [4.78, 5) is 13.5. The second-order valence-corrected chi connectivity index (χ2v) is 5.72. The lowest BCUT2D eigenvalue weighted by molar-refractivity contribution is -0.137. The Hall–Kier alpha value is -1.76. The minimum Gasteiger partial charge on any atom is -0.376 e. The fourth-order valence-electron chi connectivity index (χ4n) is 2.46. The van der Waals surface area contributed by atoms with E-state index in [-0.39, 0.29) is 18.7 Å². The second kappa shape index (κ2) is 7.68. The molecule has 1 saturated heterocycles. The topological polar surface area (TPSA) is 41.6 Å². The lowest BCUT2D eigenvalue weighted by Crippen LogP contribution is -2.42. The number of halogens is 3. The van der Waals surface area contributed by atoms with Crippen LogP contribution >= 0.6 is 0 Å². The first-order chi connectivity index (χ1) is 10.9. The molecule has 1 heterocycles. The SMILES string of the molecule is CN(C[C@H]1CCCCO1)C(=O)NCc1ccc(C(F)(F)F)cc1. The van der Waals surface area contributed by atoms with E-state index in [0.717, 1.165) is 38.0 Å². The Morgan fingerprint density at radius 3 is 2.57 bits per heavy atom. The van der Waals surface area contributed by atoms with E-state index >= 15 is 0 Å². The fourth-order valence-corrected chi connectivity index (χ4v) is 2.46. The van der Waals surface area contributed by atoms with E-state index in [2.05, 4.69) is 5.32 Å². The number of carbonyl (C=O) groups is 1. The summed E-state index contributed by atoms with van der Waals surface area (Å²) in [6.45, 7) is 1.43. The highest BCUT2D eigenvalue weighted by Crippen LogP contribution is 2.29. The van der Waals surface area contributed by atoms with Gasteiger partial charge in [0.25, 0.3) is 0 Å². The monoisotopic (exact) mass is 330 g/mol. The van der Waals surface area contributed by atoms with Crippen molar-refractivity contribution in [3.63, 3.8) is 0 Å². The highest BCUT2D eigenvalue weighted by atomic mass is 19.4. The number of nitrogens with zero attached hydrogens (tertiary/aromatic N) is 1. The zero-order valence-electron chi connectivity index (χ0n) is 13.0. The van der Waals surface area contributed by atoms with Crippen molar-refractivity contribution in [3.8, 4) is 0 Å². The number of benzene rings is 1. The quantitative estimate of drug-likeness (QED) is 0.919. The zero-order chi connectivity index (χ0) is 16.9. The molecule has 128 valence electrons. The van der Waals surface area contributed by atoms with E-state index in [4.69, 9.17) is 4.74 Å². The van der Waals surface area contributed by atoms with E-state index in [1.807, 2.05) is 0 Å². The maximum absolute atomic E-state index is 12.5. The van der Waals surface area contributed by atoms with Gasteiger partial charge in [0.15, 0.2) is 0 Å². The molecular formula is C16H21F3N2O2. The third-order valence-corrected chi connectivity index (χ3v) is 3.82. The molecule has 23 heavy (non-hydrogen) atoms. The smallest absolute Gasteiger partial charge is 0.376 e. The molecule has 2 rings (SSSR count). The summed E-state index contributed by atoms with van der Waals surface area (Å²) < 4.78 is 43.0. The van der Waals surface area contributed by atoms with Gasteiger partial charge in [0.1, 0.15) is 0 Å². The van der Waals surface area contributed by atoms with Gasteiger partial charge in [-0.1, -0.05) is 12.1 Å². The van der Waals surface area contributed by atoms with Crippen molar-refractivity contribution in [1.29, 1.82) is 0 Å². The summed E-state index contributed by atoms with van der Waals surface area (Å²) in [5.74, 6) is 0. The standard InChI is InChI=1S/C16H21F3N2O2/c1-21(11-14-4-2-3-9-23-14)15(22)20-10-12-5-7-13(8-6-12)16(17,18)19/h5-8,14H,2-4,9-11H2,1H3,(H,20,22)/t14-/m1/s1. The van der Waals surface area contributed by atoms with Gasteiger partial charge in [-0.2, -0.15) is 13.2 Å². The average molecular weight is 330 g/mol. The van der Waals surface area contributed by atoms with Gasteiger partial charge in [0.05, 0.1) is 11.7 Å². The summed E-state index contributed by atoms with van der Waals surface area (Å²) in [6.07, 6.45) is -1.18. The third kappa shape index (κ3) is 5.42. The van der Waals surface area contributed by atoms with Crippen LogP contribution in [0.15, 0.2) is 24.3 Å². The normalized spacial score (nSPS) is 18.5. The first kappa shape index (κ1) is 17.6. The third-order valence-electron chi connectivity index (χ3n) is 3.82. The molecule has 0 unspecified atom stereocenters. The summed E-state index contributed by atoms with van der Waals surface area (Å²) in [6, 6.07) is 4.50. The van der Waals surface area contributed by atoms with Gasteiger partial charge in [-0.15, -0.1) is 0 Å². The molecule has 0 radical (unpaired) electrons. The first-order valence-electron chi connectivity index (χ1n) is 7.63. The molecule has 1 aliphatic rings. The molecule has 4 nitrogen and oxygen atoms in total. The van der Waals surface area contributed by atoms with Gasteiger partial charge >= 0.3 is 12.2 Å². The molecule has 7 heteroatoms. The lowest BCUT2D eigenvalue weighted by Gasteiger charge is -2.27. The number of hydrogen-bond donors (Lipinski definition) is 1. The summed E-state index contributed by atoms with van der Waals surface area (Å²) in [5, 5.41) is 2.70. The van der Waals surface area contributed by atoms with E-state index in [1.165, 1.54) is 12.1 Å². The van der Waals surface area contributed by atoms with E-state index in [9.17, 15) is 18.0 Å². The van der Waals surface area contributed by atoms with Crippen LogP contribution in [0.2, 0.25) is 0 Å². The van der Waals surface area contributed by atoms with Crippen molar-refractivity contribution in [2.45, 2.75) is 38.1 Å². The molecule has 0 bridgehead atoms. The molecule has 1 N–H and O–H groups in total. The van der Waals surface area contributed by atoms with Gasteiger partial charge in [-0.3, -0.25) is 0 Å². The highest BCUT2D eigenvalue weighted by Gasteiger charge is 2.29. The minimum absolute atomic E-state index is 0.0607. The lowest BCUT2D eigenvalue weighted by atomic mass is 10.1. The predicted octanol–water partition coefficient (Wildman–Crippen LogP) is 3.42. The van der Waals surface area contributed by atoms with Crippen molar-refractivity contribution < 1.29 is 22.7 Å². The Labute approximate surface area is 133 Å². The molecule has 1 fully saturated rings. The molecule has 0 saturated carbocycles. The Bertz CT molecular complexity index is 511. The van der Waals surface area contributed by atoms with Crippen LogP contribution in [-0.4, -0.2) is 37.2 Å². The molecule has 0 aromatic heterocycles. The maximum Gasteiger partial charge on any atom is 0.416 e. The maximum atomic E-state index is 12.5. The van der Waals surface area contributed by atoms with Crippen LogP contribution in [0.5, 0.6) is 0 Å². The summed E-state index contributed by atoms with van der Waals surface area (Å²) in [5.41, 5.74) is -0.0761. The first-order valence-corrected chi connectivity index (χ1v) is 7.63. The Kier molecular flexibility index (Phi) is 5.87. The molecule has 2 amide bonds. The number of nitrogens with one attached hydrogen (secondary N) is 1. The number of hydrogen-bond acceptors (Lipinski definition) is 2. The van der Waals surface area contributed by atoms with Crippen LogP contribution in [0.1, 0.15) is 30.4 Å². The van der Waals surface area contributed by atoms with Crippen LogP contribution in [0.25, 0.3) is 0 Å². The molecule has 1 atom stereocenters.